The molecule has 0 fully saturated rings. The molecule has 0 aliphatic heterocycles. The highest BCUT2D eigenvalue weighted by atomic mass is 28.4. The highest BCUT2D eigenvalue weighted by Gasteiger charge is 2.51. The van der Waals surface area contributed by atoms with E-state index < -0.39 is 39.6 Å². The van der Waals surface area contributed by atoms with Gasteiger partial charge < -0.3 is 18.0 Å². The zero-order valence-corrected chi connectivity index (χ0v) is 25.1. The summed E-state index contributed by atoms with van der Waals surface area (Å²) >= 11 is 0. The van der Waals surface area contributed by atoms with Crippen molar-refractivity contribution in [1.29, 1.82) is 0 Å². The van der Waals surface area contributed by atoms with Crippen LogP contribution in [0.15, 0.2) is 12.2 Å². The molecule has 0 radical (unpaired) electrons. The molecule has 0 aliphatic carbocycles. The molecular weight excluding hydrogens is 431 g/mol. The largest absolute Gasteiger partial charge is 0.436 e. The number of nitrogens with one attached hydrogen (secondary N) is 1. The maximum absolute atomic E-state index is 12.7. The molecule has 0 saturated heterocycles. The quantitative estimate of drug-likeness (QED) is 0.199. The lowest BCUT2D eigenvalue weighted by molar-refractivity contribution is -0.121. The van der Waals surface area contributed by atoms with E-state index >= 15 is 0 Å². The summed E-state index contributed by atoms with van der Waals surface area (Å²) in [5, 5.41) is 2.32. The number of hydrogen-bond acceptors (Lipinski definition) is 4. The second kappa shape index (κ2) is 11.5. The van der Waals surface area contributed by atoms with Crippen LogP contribution < -0.4 is 5.32 Å². The van der Waals surface area contributed by atoms with Gasteiger partial charge in [0.1, 0.15) is 0 Å². The van der Waals surface area contributed by atoms with Crippen LogP contribution in [0.4, 0.5) is 0 Å². The third-order valence-corrected chi connectivity index (χ3v) is 17.5. The number of carbonyl (C=O) groups is 1. The highest BCUT2D eigenvalue weighted by Crippen LogP contribution is 2.30. The molecule has 1 unspecified atom stereocenters. The van der Waals surface area contributed by atoms with Crippen molar-refractivity contribution in [2.24, 2.45) is 0 Å². The summed E-state index contributed by atoms with van der Waals surface area (Å²) in [5.74, 6) is -0.181. The van der Waals surface area contributed by atoms with Gasteiger partial charge in [-0.2, -0.15) is 0 Å². The lowest BCUT2D eigenvalue weighted by Gasteiger charge is -2.47. The molecule has 0 heterocycles. The van der Waals surface area contributed by atoms with Gasteiger partial charge in [0.2, 0.25) is 5.91 Å². The zero-order valence-electron chi connectivity index (χ0n) is 21.0. The molecule has 0 bridgehead atoms. The van der Waals surface area contributed by atoms with Crippen LogP contribution in [0.1, 0.15) is 47.0 Å². The van der Waals surface area contributed by atoms with Crippen molar-refractivity contribution in [1.82, 2.24) is 5.32 Å². The van der Waals surface area contributed by atoms with Crippen LogP contribution in [0.2, 0.25) is 57.9 Å². The van der Waals surface area contributed by atoms with E-state index in [-0.39, 0.29) is 5.91 Å². The Hall–Kier alpha value is -0.0425. The smallest absolute Gasteiger partial charge is 0.354 e. The Kier molecular flexibility index (Phi) is 11.5. The van der Waals surface area contributed by atoms with Crippen molar-refractivity contribution in [2.45, 2.75) is 110 Å². The van der Waals surface area contributed by atoms with Crippen molar-refractivity contribution < 1.29 is 17.5 Å². The molecule has 1 N–H and O–H groups in total. The molecule has 9 heteroatoms. The predicted molar refractivity (Wildman–Crippen MR) is 135 cm³/mol. The molecule has 0 aromatic heterocycles. The fraction of sp³-hybridized carbons (Fsp3) is 0.850. The fourth-order valence-corrected chi connectivity index (χ4v) is 16.9. The van der Waals surface area contributed by atoms with Crippen molar-refractivity contribution in [2.75, 3.05) is 0 Å². The Labute approximate surface area is 185 Å². The first-order valence-electron chi connectivity index (χ1n) is 11.1. The highest BCUT2D eigenvalue weighted by molar-refractivity contribution is 6.83. The van der Waals surface area contributed by atoms with E-state index in [2.05, 4.69) is 78.5 Å². The standard InChI is InChI=1S/C20H47NO4Si4/c1-13-16-28(9,10)24-26(25-29(11,12)17-14-2)20(15-3,23-27(6,7)8)21-19(22)18(4)5/h26H,4,13-17H2,1-3,5-12H3,(H,21,22). The molecule has 1 atom stereocenters. The first-order chi connectivity index (χ1) is 13.0. The summed E-state index contributed by atoms with van der Waals surface area (Å²) < 4.78 is 20.5. The van der Waals surface area contributed by atoms with Crippen LogP contribution in [-0.4, -0.2) is 45.5 Å². The number of hydrogen-bond donors (Lipinski definition) is 1. The number of carbonyl (C=O) groups excluding carboxylic acids is 1. The second-order valence-electron chi connectivity index (χ2n) is 10.3. The third-order valence-electron chi connectivity index (χ3n) is 4.66. The Balaban J connectivity index is 6.32. The second-order valence-corrected chi connectivity index (χ2v) is 26.2. The van der Waals surface area contributed by atoms with Gasteiger partial charge in [0, 0.05) is 5.57 Å². The Bertz CT molecular complexity index is 529. The maximum Gasteiger partial charge on any atom is 0.354 e. The van der Waals surface area contributed by atoms with E-state index in [1.807, 2.05) is 0 Å². The zero-order chi connectivity index (χ0) is 23.1. The lowest BCUT2D eigenvalue weighted by atomic mass is 10.3. The van der Waals surface area contributed by atoms with Gasteiger partial charge in [-0.1, -0.05) is 40.2 Å². The van der Waals surface area contributed by atoms with Crippen LogP contribution in [-0.2, 0) is 17.5 Å². The van der Waals surface area contributed by atoms with Gasteiger partial charge in [-0.25, -0.2) is 0 Å². The average Bonchev–Trinajstić information content (AvgIpc) is 2.51. The molecule has 0 rings (SSSR count). The minimum Gasteiger partial charge on any atom is -0.436 e. The maximum atomic E-state index is 12.7. The molecule has 0 aliphatic rings. The summed E-state index contributed by atoms with van der Waals surface area (Å²) in [6.45, 7) is 27.5. The summed E-state index contributed by atoms with van der Waals surface area (Å²) in [6.07, 6.45) is 2.80. The van der Waals surface area contributed by atoms with Crippen LogP contribution >= 0.6 is 0 Å². The van der Waals surface area contributed by atoms with Gasteiger partial charge >= 0.3 is 9.28 Å². The fourth-order valence-electron chi connectivity index (χ4n) is 3.42. The van der Waals surface area contributed by atoms with Crippen molar-refractivity contribution in [3.8, 4) is 0 Å². The molecule has 0 aromatic rings. The molecular formula is C20H47NO4Si4. The van der Waals surface area contributed by atoms with Gasteiger partial charge in [-0.15, -0.1) is 0 Å². The molecule has 5 nitrogen and oxygen atoms in total. The van der Waals surface area contributed by atoms with E-state index in [0.29, 0.717) is 12.0 Å². The van der Waals surface area contributed by atoms with Gasteiger partial charge in [-0.05, 0) is 71.3 Å². The number of amides is 1. The van der Waals surface area contributed by atoms with Crippen LogP contribution in [0.25, 0.3) is 0 Å². The molecule has 172 valence electrons. The number of rotatable bonds is 14. The van der Waals surface area contributed by atoms with Gasteiger partial charge in [0.15, 0.2) is 30.3 Å². The predicted octanol–water partition coefficient (Wildman–Crippen LogP) is 5.66. The monoisotopic (exact) mass is 477 g/mol. The molecule has 1 amide bonds. The molecule has 0 saturated carbocycles. The third kappa shape index (κ3) is 10.7. The summed E-state index contributed by atoms with van der Waals surface area (Å²) in [4.78, 5) is 12.7. The minimum atomic E-state index is -2.43. The van der Waals surface area contributed by atoms with Gasteiger partial charge in [-0.3, -0.25) is 4.79 Å². The topological polar surface area (TPSA) is 56.8 Å². The van der Waals surface area contributed by atoms with E-state index in [0.717, 1.165) is 24.9 Å². The first-order valence-corrected chi connectivity index (χ1v) is 22.2. The Morgan fingerprint density at radius 2 is 1.34 bits per heavy atom. The van der Waals surface area contributed by atoms with Gasteiger partial charge in [0.25, 0.3) is 0 Å². The molecule has 0 aromatic carbocycles. The Morgan fingerprint density at radius 1 is 0.931 bits per heavy atom. The minimum absolute atomic E-state index is 0.181. The van der Waals surface area contributed by atoms with E-state index in [4.69, 9.17) is 12.7 Å². The first kappa shape index (κ1) is 29.0. The van der Waals surface area contributed by atoms with Crippen LogP contribution in [0.5, 0.6) is 0 Å². The van der Waals surface area contributed by atoms with E-state index in [1.165, 1.54) is 0 Å². The van der Waals surface area contributed by atoms with Crippen LogP contribution in [0, 0.1) is 0 Å². The SMILES string of the molecule is C=C(C)C(=O)NC(CC)(O[Si](C)(C)C)[SiH](O[Si](C)(C)CCC)O[Si](C)(C)CCC. The van der Waals surface area contributed by atoms with Crippen molar-refractivity contribution in [3.63, 3.8) is 0 Å². The van der Waals surface area contributed by atoms with Crippen LogP contribution in [0.3, 0.4) is 0 Å². The molecule has 0 spiro atoms. The van der Waals surface area contributed by atoms with Crippen molar-refractivity contribution in [3.05, 3.63) is 12.2 Å². The summed E-state index contributed by atoms with van der Waals surface area (Å²) in [5.41, 5.74) is 0.477. The lowest BCUT2D eigenvalue weighted by Crippen LogP contribution is -2.69. The molecule has 29 heavy (non-hydrogen) atoms. The van der Waals surface area contributed by atoms with E-state index in [1.54, 1.807) is 6.92 Å². The summed E-state index contributed by atoms with van der Waals surface area (Å²) in [6, 6.07) is 2.13. The Morgan fingerprint density at radius 3 is 1.62 bits per heavy atom. The normalized spacial score (nSPS) is 15.3. The average molecular weight is 478 g/mol. The van der Waals surface area contributed by atoms with E-state index in [9.17, 15) is 4.79 Å². The summed E-state index contributed by atoms with van der Waals surface area (Å²) in [7, 11) is -8.33. The van der Waals surface area contributed by atoms with Gasteiger partial charge in [0.05, 0.1) is 0 Å². The van der Waals surface area contributed by atoms with Crippen molar-refractivity contribution >= 4 is 40.1 Å².